The summed E-state index contributed by atoms with van der Waals surface area (Å²) in [4.78, 5) is 39.1. The maximum Gasteiger partial charge on any atom is 0.410 e. The second kappa shape index (κ2) is 9.73. The van der Waals surface area contributed by atoms with Crippen LogP contribution in [0.2, 0.25) is 5.02 Å². The summed E-state index contributed by atoms with van der Waals surface area (Å²) in [5.41, 5.74) is 0.193. The van der Waals surface area contributed by atoms with Gasteiger partial charge in [-0.25, -0.2) is 9.48 Å². The van der Waals surface area contributed by atoms with Gasteiger partial charge in [0.25, 0.3) is 11.5 Å². The second-order valence-electron chi connectivity index (χ2n) is 8.95. The zero-order chi connectivity index (χ0) is 23.5. The van der Waals surface area contributed by atoms with Crippen molar-refractivity contribution < 1.29 is 14.3 Å². The number of amides is 2. The number of likely N-dealkylation sites (tertiary alicyclic amines) is 1. The number of nitrogens with zero attached hydrogens (tertiary/aromatic N) is 3. The molecule has 0 spiro atoms. The molecule has 0 bridgehead atoms. The zero-order valence-corrected chi connectivity index (χ0v) is 19.6. The summed E-state index contributed by atoms with van der Waals surface area (Å²) in [6.45, 7) is 8.23. The number of hydrogen-bond donors (Lipinski definition) is 1. The first-order valence-corrected chi connectivity index (χ1v) is 11.1. The minimum absolute atomic E-state index is 0.160. The molecule has 0 aliphatic carbocycles. The van der Waals surface area contributed by atoms with Gasteiger partial charge in [-0.1, -0.05) is 23.7 Å². The number of halogens is 1. The van der Waals surface area contributed by atoms with Gasteiger partial charge in [0.15, 0.2) is 0 Å². The van der Waals surface area contributed by atoms with Crippen LogP contribution in [0.5, 0.6) is 0 Å². The number of hydrogen-bond acceptors (Lipinski definition) is 5. The normalized spacial score (nSPS) is 15.8. The molecule has 0 saturated carbocycles. The van der Waals surface area contributed by atoms with E-state index in [0.717, 1.165) is 5.56 Å². The largest absolute Gasteiger partial charge is 0.444 e. The Kier molecular flexibility index (Phi) is 7.23. The van der Waals surface area contributed by atoms with Crippen molar-refractivity contribution >= 4 is 23.6 Å². The third kappa shape index (κ3) is 6.09. The van der Waals surface area contributed by atoms with Crippen LogP contribution in [-0.4, -0.2) is 45.4 Å². The highest BCUT2D eigenvalue weighted by Gasteiger charge is 2.28. The molecular formula is C23H29ClN4O4. The number of aromatic nitrogens is 2. The SMILES string of the molecule is C[C@@H](NC(=O)c1ccc(=O)n(C2CCN(C(=O)OC(C)(C)C)CC2)n1)c1cccc(Cl)c1. The Bertz CT molecular complexity index is 1040. The van der Waals surface area contributed by atoms with Crippen LogP contribution in [-0.2, 0) is 4.74 Å². The summed E-state index contributed by atoms with van der Waals surface area (Å²) in [5, 5.41) is 7.80. The van der Waals surface area contributed by atoms with Crippen molar-refractivity contribution in [3.8, 4) is 0 Å². The van der Waals surface area contributed by atoms with E-state index < -0.39 is 5.60 Å². The number of nitrogens with one attached hydrogen (secondary N) is 1. The average molecular weight is 461 g/mol. The average Bonchev–Trinajstić information content (AvgIpc) is 2.73. The van der Waals surface area contributed by atoms with E-state index in [4.69, 9.17) is 16.3 Å². The molecule has 8 nitrogen and oxygen atoms in total. The van der Waals surface area contributed by atoms with E-state index in [1.54, 1.807) is 17.0 Å². The smallest absolute Gasteiger partial charge is 0.410 e. The molecule has 9 heteroatoms. The lowest BCUT2D eigenvalue weighted by Crippen LogP contribution is -2.43. The van der Waals surface area contributed by atoms with Gasteiger partial charge in [0.2, 0.25) is 0 Å². The van der Waals surface area contributed by atoms with E-state index in [0.29, 0.717) is 31.0 Å². The zero-order valence-electron chi connectivity index (χ0n) is 18.8. The Morgan fingerprint density at radius 3 is 2.50 bits per heavy atom. The molecule has 1 aromatic heterocycles. The molecule has 1 fully saturated rings. The van der Waals surface area contributed by atoms with E-state index in [1.165, 1.54) is 16.8 Å². The molecule has 1 saturated heterocycles. The van der Waals surface area contributed by atoms with Crippen molar-refractivity contribution in [1.29, 1.82) is 0 Å². The van der Waals surface area contributed by atoms with Gasteiger partial charge in [0.1, 0.15) is 11.3 Å². The van der Waals surface area contributed by atoms with Crippen LogP contribution in [0.3, 0.4) is 0 Å². The predicted octanol–water partition coefficient (Wildman–Crippen LogP) is 3.96. The number of carbonyl (C=O) groups excluding carboxylic acids is 2. The molecule has 1 aliphatic rings. The Morgan fingerprint density at radius 2 is 1.88 bits per heavy atom. The summed E-state index contributed by atoms with van der Waals surface area (Å²) >= 11 is 6.03. The van der Waals surface area contributed by atoms with Gasteiger partial charge in [0.05, 0.1) is 12.1 Å². The molecule has 2 amide bonds. The molecule has 1 aromatic carbocycles. The summed E-state index contributed by atoms with van der Waals surface area (Å²) in [7, 11) is 0. The molecule has 2 heterocycles. The van der Waals surface area contributed by atoms with Crippen LogP contribution in [0.25, 0.3) is 0 Å². The fourth-order valence-electron chi connectivity index (χ4n) is 3.56. The van der Waals surface area contributed by atoms with Gasteiger partial charge in [-0.15, -0.1) is 0 Å². The first-order valence-electron chi connectivity index (χ1n) is 10.7. The predicted molar refractivity (Wildman–Crippen MR) is 122 cm³/mol. The van der Waals surface area contributed by atoms with Crippen molar-refractivity contribution in [3.63, 3.8) is 0 Å². The van der Waals surface area contributed by atoms with Crippen LogP contribution in [0.4, 0.5) is 4.79 Å². The fraction of sp³-hybridized carbons (Fsp3) is 0.478. The summed E-state index contributed by atoms with van der Waals surface area (Å²) in [5.74, 6) is -0.377. The van der Waals surface area contributed by atoms with E-state index in [-0.39, 0.29) is 35.3 Å². The van der Waals surface area contributed by atoms with Gasteiger partial charge in [-0.05, 0) is 64.3 Å². The van der Waals surface area contributed by atoms with Crippen molar-refractivity contribution in [1.82, 2.24) is 20.0 Å². The summed E-state index contributed by atoms with van der Waals surface area (Å²) in [6.07, 6.45) is 0.742. The molecular weight excluding hydrogens is 432 g/mol. The minimum Gasteiger partial charge on any atom is -0.444 e. The highest BCUT2D eigenvalue weighted by molar-refractivity contribution is 6.30. The van der Waals surface area contributed by atoms with Crippen molar-refractivity contribution in [3.05, 3.63) is 63.0 Å². The van der Waals surface area contributed by atoms with E-state index in [2.05, 4.69) is 10.4 Å². The van der Waals surface area contributed by atoms with Gasteiger partial charge in [-0.3, -0.25) is 9.59 Å². The third-order valence-electron chi connectivity index (χ3n) is 5.22. The van der Waals surface area contributed by atoms with Crippen LogP contribution < -0.4 is 10.9 Å². The van der Waals surface area contributed by atoms with Crippen molar-refractivity contribution in [2.24, 2.45) is 0 Å². The van der Waals surface area contributed by atoms with Crippen molar-refractivity contribution in [2.45, 2.75) is 58.2 Å². The lowest BCUT2D eigenvalue weighted by Gasteiger charge is -2.33. The first-order chi connectivity index (χ1) is 15.0. The number of benzene rings is 1. The molecule has 172 valence electrons. The molecule has 1 atom stereocenters. The number of rotatable bonds is 4. The maximum absolute atomic E-state index is 12.7. The lowest BCUT2D eigenvalue weighted by atomic mass is 10.1. The van der Waals surface area contributed by atoms with Gasteiger partial charge in [-0.2, -0.15) is 5.10 Å². The van der Waals surface area contributed by atoms with E-state index >= 15 is 0 Å². The topological polar surface area (TPSA) is 93.5 Å². The quantitative estimate of drug-likeness (QED) is 0.745. The number of carbonyl (C=O) groups is 2. The molecule has 3 rings (SSSR count). The first kappa shape index (κ1) is 23.8. The highest BCUT2D eigenvalue weighted by Crippen LogP contribution is 2.22. The van der Waals surface area contributed by atoms with Gasteiger partial charge < -0.3 is 15.0 Å². The maximum atomic E-state index is 12.7. The monoisotopic (exact) mass is 460 g/mol. The minimum atomic E-state index is -0.559. The van der Waals surface area contributed by atoms with Crippen LogP contribution in [0.15, 0.2) is 41.2 Å². The molecule has 0 unspecified atom stereocenters. The van der Waals surface area contributed by atoms with Gasteiger partial charge in [0, 0.05) is 24.2 Å². The number of piperidine rings is 1. The second-order valence-corrected chi connectivity index (χ2v) is 9.39. The summed E-state index contributed by atoms with van der Waals surface area (Å²) < 4.78 is 6.77. The molecule has 0 radical (unpaired) electrons. The Hall–Kier alpha value is -2.87. The van der Waals surface area contributed by atoms with E-state index in [9.17, 15) is 14.4 Å². The fourth-order valence-corrected chi connectivity index (χ4v) is 3.76. The number of ether oxygens (including phenoxy) is 1. The third-order valence-corrected chi connectivity index (χ3v) is 5.45. The van der Waals surface area contributed by atoms with Crippen LogP contribution >= 0.6 is 11.6 Å². The Labute approximate surface area is 192 Å². The summed E-state index contributed by atoms with van der Waals surface area (Å²) in [6, 6.07) is 9.57. The standard InChI is InChI=1S/C23H29ClN4O4/c1-15(16-6-5-7-17(24)14-16)25-21(30)19-8-9-20(29)28(26-19)18-10-12-27(13-11-18)22(31)32-23(2,3)4/h5-9,14-15,18H,10-13H2,1-4H3,(H,25,30)/t15-/m1/s1. The molecule has 1 N–H and O–H groups in total. The highest BCUT2D eigenvalue weighted by atomic mass is 35.5. The van der Waals surface area contributed by atoms with E-state index in [1.807, 2.05) is 39.8 Å². The van der Waals surface area contributed by atoms with Crippen molar-refractivity contribution in [2.75, 3.05) is 13.1 Å². The van der Waals surface area contributed by atoms with Crippen LogP contribution in [0.1, 0.15) is 68.7 Å². The molecule has 2 aromatic rings. The molecule has 32 heavy (non-hydrogen) atoms. The van der Waals surface area contributed by atoms with Gasteiger partial charge >= 0.3 is 6.09 Å². The Morgan fingerprint density at radius 1 is 1.19 bits per heavy atom. The Balaban J connectivity index is 1.66. The lowest BCUT2D eigenvalue weighted by molar-refractivity contribution is 0.0183. The van der Waals surface area contributed by atoms with Crippen LogP contribution in [0, 0.1) is 0 Å². The molecule has 1 aliphatic heterocycles.